The van der Waals surface area contributed by atoms with Gasteiger partial charge in [0.15, 0.2) is 0 Å². The second kappa shape index (κ2) is 10.1. The van der Waals surface area contributed by atoms with Crippen LogP contribution in [0.25, 0.3) is 6.08 Å². The lowest BCUT2D eigenvalue weighted by atomic mass is 10.1. The summed E-state index contributed by atoms with van der Waals surface area (Å²) >= 11 is 9.17. The number of nitro groups is 1. The van der Waals surface area contributed by atoms with Gasteiger partial charge in [0.05, 0.1) is 16.2 Å². The molecule has 1 aliphatic heterocycles. The van der Waals surface area contributed by atoms with Gasteiger partial charge >= 0.3 is 12.0 Å². The van der Waals surface area contributed by atoms with Gasteiger partial charge < -0.3 is 4.74 Å². The Hall–Kier alpha value is -4.35. The molecule has 0 radical (unpaired) electrons. The van der Waals surface area contributed by atoms with Crippen molar-refractivity contribution in [3.05, 3.63) is 103 Å². The zero-order chi connectivity index (χ0) is 26.0. The first-order valence-corrected chi connectivity index (χ1v) is 11.2. The Morgan fingerprint density at radius 2 is 1.69 bits per heavy atom. The zero-order valence-electron chi connectivity index (χ0n) is 17.9. The van der Waals surface area contributed by atoms with E-state index in [1.165, 1.54) is 54.6 Å². The van der Waals surface area contributed by atoms with Gasteiger partial charge in [-0.2, -0.15) is 0 Å². The van der Waals surface area contributed by atoms with Crippen LogP contribution in [0.5, 0.6) is 5.75 Å². The molecule has 0 bridgehead atoms. The molecule has 12 heteroatoms. The number of benzene rings is 3. The topological polar surface area (TPSA) is 136 Å². The number of esters is 1. The van der Waals surface area contributed by atoms with Gasteiger partial charge in [-0.05, 0) is 60.7 Å². The zero-order valence-corrected chi connectivity index (χ0v) is 20.3. The van der Waals surface area contributed by atoms with Gasteiger partial charge in [0.25, 0.3) is 17.5 Å². The third-order valence-corrected chi connectivity index (χ3v) is 5.72. The Kier molecular flexibility index (Phi) is 6.95. The molecule has 0 aromatic heterocycles. The van der Waals surface area contributed by atoms with E-state index in [0.717, 1.165) is 17.0 Å². The molecule has 1 saturated heterocycles. The summed E-state index contributed by atoms with van der Waals surface area (Å²) in [6, 6.07) is 14.3. The minimum Gasteiger partial charge on any atom is -0.422 e. The van der Waals surface area contributed by atoms with Crippen LogP contribution in [0.4, 0.5) is 16.2 Å². The molecule has 3 aromatic rings. The fourth-order valence-corrected chi connectivity index (χ4v) is 3.75. The Balaban J connectivity index is 1.67. The van der Waals surface area contributed by atoms with Crippen molar-refractivity contribution in [2.45, 2.75) is 0 Å². The van der Waals surface area contributed by atoms with Crippen molar-refractivity contribution in [1.82, 2.24) is 5.32 Å². The standard InChI is InChI=1S/C24H13BrClN3O7/c25-15-3-10-20(36-23(32)13-1-6-18(7-2-13)29(34)35)14(11-15)12-19-21(30)27-24(33)28(22(19)31)17-8-4-16(26)5-9-17/h1-12H,(H,27,30,33)/b19-12-. The number of barbiturate groups is 1. The molecule has 1 aliphatic rings. The van der Waals surface area contributed by atoms with Crippen LogP contribution in [-0.4, -0.2) is 28.7 Å². The molecule has 3 aromatic carbocycles. The van der Waals surface area contributed by atoms with Gasteiger partial charge in [-0.25, -0.2) is 14.5 Å². The van der Waals surface area contributed by atoms with Crippen LogP contribution in [0.15, 0.2) is 76.8 Å². The highest BCUT2D eigenvalue weighted by molar-refractivity contribution is 9.10. The Bertz CT molecular complexity index is 1450. The van der Waals surface area contributed by atoms with Gasteiger partial charge in [0, 0.05) is 27.2 Å². The summed E-state index contributed by atoms with van der Waals surface area (Å²) in [4.78, 5) is 61.7. The lowest BCUT2D eigenvalue weighted by molar-refractivity contribution is -0.384. The number of halogens is 2. The quantitative estimate of drug-likeness (QED) is 0.115. The third kappa shape index (κ3) is 5.16. The van der Waals surface area contributed by atoms with Crippen molar-refractivity contribution in [3.63, 3.8) is 0 Å². The number of carbonyl (C=O) groups is 4. The first kappa shape index (κ1) is 24.8. The smallest absolute Gasteiger partial charge is 0.343 e. The predicted octanol–water partition coefficient (Wildman–Crippen LogP) is 4.90. The summed E-state index contributed by atoms with van der Waals surface area (Å²) in [7, 11) is 0. The number of urea groups is 1. The number of carbonyl (C=O) groups excluding carboxylic acids is 4. The van der Waals surface area contributed by atoms with Crippen LogP contribution in [0.2, 0.25) is 5.02 Å². The Labute approximate surface area is 216 Å². The maximum Gasteiger partial charge on any atom is 0.343 e. The molecule has 0 spiro atoms. The summed E-state index contributed by atoms with van der Waals surface area (Å²) in [5.41, 5.74) is -0.145. The number of non-ortho nitro benzene ring substituents is 1. The molecule has 1 heterocycles. The van der Waals surface area contributed by atoms with Gasteiger partial charge in [0.1, 0.15) is 11.3 Å². The molecule has 1 fully saturated rings. The van der Waals surface area contributed by atoms with E-state index < -0.39 is 28.7 Å². The van der Waals surface area contributed by atoms with Gasteiger partial charge in [-0.3, -0.25) is 25.0 Å². The molecule has 0 aliphatic carbocycles. The number of nitro benzene ring substituents is 1. The molecule has 1 N–H and O–H groups in total. The van der Waals surface area contributed by atoms with Crippen molar-refractivity contribution >= 4 is 68.8 Å². The molecule has 4 rings (SSSR count). The number of anilines is 1. The molecule has 0 atom stereocenters. The second-order valence-electron chi connectivity index (χ2n) is 7.31. The van der Waals surface area contributed by atoms with Crippen LogP contribution >= 0.6 is 27.5 Å². The molecule has 36 heavy (non-hydrogen) atoms. The molecule has 0 saturated carbocycles. The van der Waals surface area contributed by atoms with Gasteiger partial charge in [-0.1, -0.05) is 27.5 Å². The summed E-state index contributed by atoms with van der Waals surface area (Å²) in [5, 5.41) is 13.3. The van der Waals surface area contributed by atoms with Crippen LogP contribution < -0.4 is 15.0 Å². The lowest BCUT2D eigenvalue weighted by Crippen LogP contribution is -2.54. The van der Waals surface area contributed by atoms with Crippen molar-refractivity contribution in [2.24, 2.45) is 0 Å². The average molecular weight is 571 g/mol. The maximum absolute atomic E-state index is 13.1. The van der Waals surface area contributed by atoms with Crippen molar-refractivity contribution in [2.75, 3.05) is 4.90 Å². The van der Waals surface area contributed by atoms with Crippen LogP contribution in [0, 0.1) is 10.1 Å². The maximum atomic E-state index is 13.1. The molecule has 10 nitrogen and oxygen atoms in total. The van der Waals surface area contributed by atoms with Crippen LogP contribution in [-0.2, 0) is 9.59 Å². The number of ether oxygens (including phenoxy) is 1. The molecule has 0 unspecified atom stereocenters. The molecular formula is C24H13BrClN3O7. The second-order valence-corrected chi connectivity index (χ2v) is 8.66. The molecular weight excluding hydrogens is 558 g/mol. The summed E-state index contributed by atoms with van der Waals surface area (Å²) in [6.45, 7) is 0. The summed E-state index contributed by atoms with van der Waals surface area (Å²) in [6.07, 6.45) is 1.19. The minimum atomic E-state index is -0.928. The highest BCUT2D eigenvalue weighted by Gasteiger charge is 2.37. The number of hydrogen-bond acceptors (Lipinski definition) is 7. The van der Waals surface area contributed by atoms with E-state index in [1.807, 2.05) is 0 Å². The first-order chi connectivity index (χ1) is 17.1. The SMILES string of the molecule is O=C1NC(=O)N(c2ccc(Cl)cc2)C(=O)/C1=C\c1cc(Br)ccc1OC(=O)c1ccc([N+](=O)[O-])cc1. The lowest BCUT2D eigenvalue weighted by Gasteiger charge is -2.26. The van der Waals surface area contributed by atoms with Gasteiger partial charge in [-0.15, -0.1) is 0 Å². The number of hydrogen-bond donors (Lipinski definition) is 1. The van der Waals surface area contributed by atoms with Crippen molar-refractivity contribution in [1.29, 1.82) is 0 Å². The van der Waals surface area contributed by atoms with E-state index in [0.29, 0.717) is 9.50 Å². The van der Waals surface area contributed by atoms with Crippen LogP contribution in [0.1, 0.15) is 15.9 Å². The number of rotatable bonds is 5. The van der Waals surface area contributed by atoms with E-state index in [-0.39, 0.29) is 33.8 Å². The highest BCUT2D eigenvalue weighted by atomic mass is 79.9. The fourth-order valence-electron chi connectivity index (χ4n) is 3.24. The van der Waals surface area contributed by atoms with E-state index in [9.17, 15) is 29.3 Å². The van der Waals surface area contributed by atoms with Crippen molar-refractivity contribution in [3.8, 4) is 5.75 Å². The fraction of sp³-hybridized carbons (Fsp3) is 0. The Morgan fingerprint density at radius 1 is 1.03 bits per heavy atom. The summed E-state index contributed by atoms with van der Waals surface area (Å²) in [5.74, 6) is -2.63. The number of imide groups is 2. The predicted molar refractivity (Wildman–Crippen MR) is 133 cm³/mol. The first-order valence-electron chi connectivity index (χ1n) is 10.1. The van der Waals surface area contributed by atoms with E-state index in [4.69, 9.17) is 16.3 Å². The van der Waals surface area contributed by atoms with E-state index in [2.05, 4.69) is 21.2 Å². The normalized spacial score (nSPS) is 14.6. The average Bonchev–Trinajstić information content (AvgIpc) is 2.84. The minimum absolute atomic E-state index is 0.00426. The summed E-state index contributed by atoms with van der Waals surface area (Å²) < 4.78 is 5.99. The van der Waals surface area contributed by atoms with E-state index in [1.54, 1.807) is 6.07 Å². The van der Waals surface area contributed by atoms with Gasteiger partial charge in [0.2, 0.25) is 0 Å². The van der Waals surface area contributed by atoms with Crippen molar-refractivity contribution < 1.29 is 28.8 Å². The third-order valence-electron chi connectivity index (χ3n) is 4.97. The monoisotopic (exact) mass is 569 g/mol. The Morgan fingerprint density at radius 3 is 2.33 bits per heavy atom. The van der Waals surface area contributed by atoms with E-state index >= 15 is 0 Å². The number of amides is 4. The largest absolute Gasteiger partial charge is 0.422 e. The highest BCUT2D eigenvalue weighted by Crippen LogP contribution is 2.29. The molecule has 180 valence electrons. The van der Waals surface area contributed by atoms with Crippen LogP contribution in [0.3, 0.4) is 0 Å². The molecule has 4 amide bonds. The number of nitrogens with one attached hydrogen (secondary N) is 1. The number of nitrogens with zero attached hydrogens (tertiary/aromatic N) is 2.